The topological polar surface area (TPSA) is 85.2 Å². The lowest BCUT2D eigenvalue weighted by atomic mass is 10.0. The van der Waals surface area contributed by atoms with Gasteiger partial charge in [0.2, 0.25) is 11.8 Å². The molecular weight excluding hydrogens is 299 g/mol. The van der Waals surface area contributed by atoms with E-state index in [-0.39, 0.29) is 36.0 Å². The Morgan fingerprint density at radius 1 is 1.52 bits per heavy atom. The summed E-state index contributed by atoms with van der Waals surface area (Å²) in [5, 5.41) is 14.9. The van der Waals surface area contributed by atoms with E-state index in [0.717, 1.165) is 23.8 Å². The number of rotatable bonds is 6. The van der Waals surface area contributed by atoms with Gasteiger partial charge in [-0.15, -0.1) is 0 Å². The van der Waals surface area contributed by atoms with Crippen molar-refractivity contribution in [2.75, 3.05) is 19.6 Å². The molecule has 126 valence electrons. The van der Waals surface area contributed by atoms with Crippen LogP contribution in [0.3, 0.4) is 0 Å². The van der Waals surface area contributed by atoms with E-state index in [9.17, 15) is 14.0 Å². The maximum absolute atomic E-state index is 13.3. The molecule has 2 amide bonds. The highest BCUT2D eigenvalue weighted by Crippen LogP contribution is 2.44. The fourth-order valence-corrected chi connectivity index (χ4v) is 2.32. The van der Waals surface area contributed by atoms with Gasteiger partial charge in [-0.3, -0.25) is 14.5 Å². The van der Waals surface area contributed by atoms with Crippen molar-refractivity contribution >= 4 is 11.8 Å². The molecule has 1 fully saturated rings. The molecule has 1 aliphatic carbocycles. The van der Waals surface area contributed by atoms with Gasteiger partial charge in [-0.1, -0.05) is 6.92 Å². The predicted octanol–water partition coefficient (Wildman–Crippen LogP) is 0.859. The number of hydrogen-bond acceptors (Lipinski definition) is 4. The normalized spacial score (nSPS) is 22.3. The van der Waals surface area contributed by atoms with Gasteiger partial charge in [0.05, 0.1) is 13.1 Å². The van der Waals surface area contributed by atoms with Crippen LogP contribution in [0.5, 0.6) is 0 Å². The molecule has 6 nitrogen and oxygen atoms in total. The number of halogens is 1. The number of nitrogens with zero attached hydrogens (tertiary/aromatic N) is 2. The first-order valence-electron chi connectivity index (χ1n) is 7.77. The minimum Gasteiger partial charge on any atom is -0.354 e. The lowest BCUT2D eigenvalue weighted by Gasteiger charge is -2.28. The van der Waals surface area contributed by atoms with Gasteiger partial charge in [0.1, 0.15) is 17.9 Å². The highest BCUT2D eigenvalue weighted by molar-refractivity contribution is 5.85. The summed E-state index contributed by atoms with van der Waals surface area (Å²) in [5.74, 6) is -0.320. The monoisotopic (exact) mass is 322 g/mol. The molecule has 1 aliphatic heterocycles. The van der Waals surface area contributed by atoms with E-state index < -0.39 is 11.7 Å². The van der Waals surface area contributed by atoms with Gasteiger partial charge >= 0.3 is 0 Å². The number of nitrogens with one attached hydrogen (secondary N) is 2. The van der Waals surface area contributed by atoms with Crippen LogP contribution in [0.25, 0.3) is 0 Å². The predicted molar refractivity (Wildman–Crippen MR) is 82.7 cm³/mol. The third kappa shape index (κ3) is 4.29. The Kier molecular flexibility index (Phi) is 4.76. The molecule has 2 aliphatic rings. The van der Waals surface area contributed by atoms with Crippen LogP contribution in [0.1, 0.15) is 33.6 Å². The molecule has 0 radical (unpaired) electrons. The zero-order chi connectivity index (χ0) is 17.3. The van der Waals surface area contributed by atoms with E-state index in [1.165, 1.54) is 0 Å². The Morgan fingerprint density at radius 3 is 2.74 bits per heavy atom. The van der Waals surface area contributed by atoms with E-state index in [0.29, 0.717) is 6.54 Å². The van der Waals surface area contributed by atoms with Crippen molar-refractivity contribution in [3.8, 4) is 6.07 Å². The first-order chi connectivity index (χ1) is 10.7. The molecule has 1 atom stereocenters. The first-order valence-corrected chi connectivity index (χ1v) is 7.77. The summed E-state index contributed by atoms with van der Waals surface area (Å²) < 4.78 is 13.3. The third-order valence-electron chi connectivity index (χ3n) is 4.36. The molecule has 7 heteroatoms. The first kappa shape index (κ1) is 17.4. The second kappa shape index (κ2) is 6.28. The average Bonchev–Trinajstić information content (AvgIpc) is 3.13. The van der Waals surface area contributed by atoms with Gasteiger partial charge in [-0.05, 0) is 32.8 Å². The van der Waals surface area contributed by atoms with E-state index >= 15 is 0 Å². The van der Waals surface area contributed by atoms with E-state index in [1.54, 1.807) is 0 Å². The zero-order valence-electron chi connectivity index (χ0n) is 13.8. The van der Waals surface area contributed by atoms with Crippen molar-refractivity contribution in [3.63, 3.8) is 0 Å². The van der Waals surface area contributed by atoms with Crippen LogP contribution in [0.15, 0.2) is 11.8 Å². The minimum absolute atomic E-state index is 0.0219. The minimum atomic E-state index is -1.29. The molecule has 1 heterocycles. The molecule has 0 spiro atoms. The number of carbonyl (C=O) groups excluding carboxylic acids is 2. The number of allylic oxidation sites excluding steroid dienone is 1. The highest BCUT2D eigenvalue weighted by Gasteiger charge is 2.45. The number of hydrogen-bond donors (Lipinski definition) is 2. The molecule has 0 unspecified atom stereocenters. The smallest absolute Gasteiger partial charge is 0.241 e. The Hall–Kier alpha value is -1.94. The summed E-state index contributed by atoms with van der Waals surface area (Å²) in [5.41, 5.74) is -0.663. The van der Waals surface area contributed by atoms with Crippen molar-refractivity contribution in [2.45, 2.75) is 45.3 Å². The molecule has 23 heavy (non-hydrogen) atoms. The Balaban J connectivity index is 1.80. The van der Waals surface area contributed by atoms with Gasteiger partial charge in [-0.25, -0.2) is 4.39 Å². The summed E-state index contributed by atoms with van der Waals surface area (Å²) in [6.07, 6.45) is 1.68. The van der Waals surface area contributed by atoms with Crippen molar-refractivity contribution in [1.29, 1.82) is 5.26 Å². The molecule has 2 N–H and O–H groups in total. The summed E-state index contributed by atoms with van der Waals surface area (Å²) >= 11 is 0. The summed E-state index contributed by atoms with van der Waals surface area (Å²) in [6, 6.07) is 1.83. The second-order valence-corrected chi connectivity index (χ2v) is 7.16. The number of amides is 2. The second-order valence-electron chi connectivity index (χ2n) is 7.16. The fraction of sp³-hybridized carbons (Fsp3) is 0.688. The lowest BCUT2D eigenvalue weighted by Crippen LogP contribution is -2.53. The van der Waals surface area contributed by atoms with Gasteiger partial charge in [0, 0.05) is 17.5 Å². The van der Waals surface area contributed by atoms with Crippen LogP contribution in [0.2, 0.25) is 0 Å². The van der Waals surface area contributed by atoms with Gasteiger partial charge in [-0.2, -0.15) is 5.26 Å². The Bertz CT molecular complexity index is 575. The molecule has 0 bridgehead atoms. The number of nitriles is 1. The summed E-state index contributed by atoms with van der Waals surface area (Å²) in [6.45, 7) is 5.94. The number of carbonyl (C=O) groups is 2. The molecule has 0 aromatic heterocycles. The van der Waals surface area contributed by atoms with Crippen LogP contribution >= 0.6 is 0 Å². The third-order valence-corrected chi connectivity index (χ3v) is 4.36. The molecule has 1 saturated carbocycles. The molecule has 0 aromatic rings. The maximum atomic E-state index is 13.3. The Labute approximate surface area is 135 Å². The molecule has 0 aromatic carbocycles. The van der Waals surface area contributed by atoms with Gasteiger partial charge in [0.15, 0.2) is 0 Å². The summed E-state index contributed by atoms with van der Waals surface area (Å²) in [4.78, 5) is 25.2. The molecule has 0 saturated heterocycles. The van der Waals surface area contributed by atoms with Crippen molar-refractivity contribution in [2.24, 2.45) is 5.41 Å². The summed E-state index contributed by atoms with van der Waals surface area (Å²) in [7, 11) is 0. The average molecular weight is 322 g/mol. The number of alkyl halides is 1. The van der Waals surface area contributed by atoms with E-state index in [4.69, 9.17) is 5.26 Å². The zero-order valence-corrected chi connectivity index (χ0v) is 13.8. The standard InChI is InChI=1S/C16H23FN4O2/c1-15(2,10-19-14(23)16(3)4-5-16)20-8-13(22)21-9-11(17)6-12(21)7-18/h6,11,20H,4-5,8-10H2,1-3H3,(H,19,23)/t11-/m0/s1. The van der Waals surface area contributed by atoms with E-state index in [2.05, 4.69) is 10.6 Å². The molecule has 2 rings (SSSR count). The van der Waals surface area contributed by atoms with Crippen LogP contribution in [0.4, 0.5) is 4.39 Å². The fourth-order valence-electron chi connectivity index (χ4n) is 2.32. The van der Waals surface area contributed by atoms with Crippen LogP contribution in [-0.4, -0.2) is 48.1 Å². The lowest BCUT2D eigenvalue weighted by molar-refractivity contribution is -0.128. The van der Waals surface area contributed by atoms with Crippen molar-refractivity contribution in [1.82, 2.24) is 15.5 Å². The quantitative estimate of drug-likeness (QED) is 0.759. The highest BCUT2D eigenvalue weighted by atomic mass is 19.1. The van der Waals surface area contributed by atoms with Crippen LogP contribution in [-0.2, 0) is 9.59 Å². The van der Waals surface area contributed by atoms with Crippen molar-refractivity contribution < 1.29 is 14.0 Å². The molecular formula is C16H23FN4O2. The van der Waals surface area contributed by atoms with Crippen LogP contribution in [0, 0.1) is 16.7 Å². The van der Waals surface area contributed by atoms with Gasteiger partial charge < -0.3 is 10.6 Å². The largest absolute Gasteiger partial charge is 0.354 e. The SMILES string of the molecule is CC(C)(CNC(=O)C1(C)CC1)NCC(=O)N1C[C@@H](F)C=C1C#N. The van der Waals surface area contributed by atoms with Crippen LogP contribution < -0.4 is 10.6 Å². The Morgan fingerprint density at radius 2 is 2.17 bits per heavy atom. The van der Waals surface area contributed by atoms with E-state index in [1.807, 2.05) is 26.8 Å². The maximum Gasteiger partial charge on any atom is 0.241 e. The van der Waals surface area contributed by atoms with Crippen molar-refractivity contribution in [3.05, 3.63) is 11.8 Å². The van der Waals surface area contributed by atoms with Gasteiger partial charge in [0.25, 0.3) is 0 Å².